The lowest BCUT2D eigenvalue weighted by Gasteiger charge is -2.28. The molecular formula is C15H19N3O5S2. The Hall–Kier alpha value is -2.07. The fourth-order valence-electron chi connectivity index (χ4n) is 2.87. The number of aromatic nitrogens is 1. The minimum absolute atomic E-state index is 0.0107. The van der Waals surface area contributed by atoms with Crippen LogP contribution in [0.1, 0.15) is 24.3 Å². The Kier molecular flexibility index (Phi) is 4.50. The summed E-state index contributed by atoms with van der Waals surface area (Å²) in [7, 11) is -7.24. The predicted octanol–water partition coefficient (Wildman–Crippen LogP) is 2.02. The zero-order chi connectivity index (χ0) is 18.2. The molecule has 1 aliphatic rings. The molecule has 25 heavy (non-hydrogen) atoms. The third-order valence-electron chi connectivity index (χ3n) is 3.97. The smallest absolute Gasteiger partial charge is 0.267 e. The Bertz CT molecular complexity index is 976. The van der Waals surface area contributed by atoms with Crippen LogP contribution in [-0.4, -0.2) is 34.3 Å². The first-order chi connectivity index (χ1) is 11.7. The molecule has 1 aliphatic heterocycles. The van der Waals surface area contributed by atoms with Gasteiger partial charge in [0.05, 0.1) is 17.1 Å². The summed E-state index contributed by atoms with van der Waals surface area (Å²) in [5, 5.41) is 3.65. The maximum absolute atomic E-state index is 12.6. The van der Waals surface area contributed by atoms with Gasteiger partial charge >= 0.3 is 0 Å². The van der Waals surface area contributed by atoms with Crippen molar-refractivity contribution in [3.63, 3.8) is 0 Å². The molecule has 1 saturated heterocycles. The first kappa shape index (κ1) is 17.7. The molecule has 0 spiro atoms. The van der Waals surface area contributed by atoms with Crippen molar-refractivity contribution in [1.82, 2.24) is 5.16 Å². The van der Waals surface area contributed by atoms with Crippen molar-refractivity contribution in [3.05, 3.63) is 35.7 Å². The van der Waals surface area contributed by atoms with Crippen molar-refractivity contribution in [3.8, 4) is 0 Å². The summed E-state index contributed by atoms with van der Waals surface area (Å²) in [6.07, 6.45) is 1.41. The molecule has 8 nitrogen and oxygen atoms in total. The van der Waals surface area contributed by atoms with Gasteiger partial charge in [0.1, 0.15) is 5.69 Å². The van der Waals surface area contributed by atoms with Crippen LogP contribution in [0.5, 0.6) is 0 Å². The molecule has 1 aromatic heterocycles. The lowest BCUT2D eigenvalue weighted by molar-refractivity contribution is 0.390. The van der Waals surface area contributed by atoms with Crippen molar-refractivity contribution >= 4 is 31.4 Å². The quantitative estimate of drug-likeness (QED) is 0.862. The van der Waals surface area contributed by atoms with Crippen LogP contribution in [0, 0.1) is 13.8 Å². The van der Waals surface area contributed by atoms with E-state index in [-0.39, 0.29) is 27.8 Å². The molecule has 1 aromatic carbocycles. The van der Waals surface area contributed by atoms with Crippen LogP contribution < -0.4 is 9.03 Å². The van der Waals surface area contributed by atoms with Gasteiger partial charge in [0.2, 0.25) is 10.0 Å². The molecule has 136 valence electrons. The van der Waals surface area contributed by atoms with E-state index in [9.17, 15) is 16.8 Å². The van der Waals surface area contributed by atoms with Gasteiger partial charge < -0.3 is 4.52 Å². The number of sulfonamides is 2. The van der Waals surface area contributed by atoms with Gasteiger partial charge in [-0.15, -0.1) is 0 Å². The van der Waals surface area contributed by atoms with Gasteiger partial charge in [-0.3, -0.25) is 9.03 Å². The Morgan fingerprint density at radius 1 is 1.24 bits per heavy atom. The molecule has 0 unspecified atom stereocenters. The summed E-state index contributed by atoms with van der Waals surface area (Å²) in [6, 6.07) is 6.34. The summed E-state index contributed by atoms with van der Waals surface area (Å²) in [4.78, 5) is -0.0107. The average molecular weight is 385 g/mol. The number of anilines is 2. The van der Waals surface area contributed by atoms with Gasteiger partial charge in [-0.05, 0) is 44.9 Å². The largest absolute Gasteiger partial charge is 0.360 e. The Morgan fingerprint density at radius 2 is 2.00 bits per heavy atom. The number of benzene rings is 1. The normalized spacial score (nSPS) is 17.4. The lowest BCUT2D eigenvalue weighted by atomic mass is 10.2. The summed E-state index contributed by atoms with van der Waals surface area (Å²) in [6.45, 7) is 3.45. The van der Waals surface area contributed by atoms with E-state index in [1.54, 1.807) is 25.1 Å². The topological polar surface area (TPSA) is 110 Å². The molecule has 0 radical (unpaired) electrons. The zero-order valence-electron chi connectivity index (χ0n) is 13.9. The monoisotopic (exact) mass is 385 g/mol. The zero-order valence-corrected chi connectivity index (χ0v) is 15.5. The standard InChI is InChI=1S/C15H19N3O5S2/c1-11-15(12(2)23-16-11)25(21,22)17-13-6-5-7-14(10-13)18-8-3-4-9-24(18,19)20/h5-7,10,17H,3-4,8-9H2,1-2H3. The summed E-state index contributed by atoms with van der Waals surface area (Å²) >= 11 is 0. The predicted molar refractivity (Wildman–Crippen MR) is 93.6 cm³/mol. The second-order valence-corrected chi connectivity index (χ2v) is 9.54. The maximum Gasteiger partial charge on any atom is 0.267 e. The van der Waals surface area contributed by atoms with E-state index >= 15 is 0 Å². The molecule has 10 heteroatoms. The molecule has 2 aromatic rings. The van der Waals surface area contributed by atoms with E-state index in [4.69, 9.17) is 4.52 Å². The lowest BCUT2D eigenvalue weighted by Crippen LogP contribution is -2.37. The van der Waals surface area contributed by atoms with Crippen LogP contribution in [0.3, 0.4) is 0 Å². The molecule has 0 atom stereocenters. The van der Waals surface area contributed by atoms with E-state index < -0.39 is 20.0 Å². The second-order valence-electron chi connectivity index (χ2n) is 5.90. The van der Waals surface area contributed by atoms with Crippen molar-refractivity contribution in [1.29, 1.82) is 0 Å². The highest BCUT2D eigenvalue weighted by Gasteiger charge is 2.27. The molecule has 0 bridgehead atoms. The molecule has 2 heterocycles. The number of hydrogen-bond donors (Lipinski definition) is 1. The molecular weight excluding hydrogens is 366 g/mol. The third kappa shape index (κ3) is 3.49. The summed E-state index contributed by atoms with van der Waals surface area (Å²) in [5.74, 6) is 0.293. The highest BCUT2D eigenvalue weighted by molar-refractivity contribution is 7.93. The van der Waals surface area contributed by atoms with Crippen LogP contribution in [0.2, 0.25) is 0 Å². The molecule has 0 saturated carbocycles. The Labute approximate surface area is 146 Å². The van der Waals surface area contributed by atoms with Crippen LogP contribution in [0.4, 0.5) is 11.4 Å². The Morgan fingerprint density at radius 3 is 2.64 bits per heavy atom. The van der Waals surface area contributed by atoms with E-state index in [2.05, 4.69) is 9.88 Å². The van der Waals surface area contributed by atoms with Gasteiger partial charge in [0.15, 0.2) is 10.7 Å². The van der Waals surface area contributed by atoms with Gasteiger partial charge in [-0.25, -0.2) is 16.8 Å². The van der Waals surface area contributed by atoms with Crippen LogP contribution in [0.25, 0.3) is 0 Å². The minimum Gasteiger partial charge on any atom is -0.360 e. The highest BCUT2D eigenvalue weighted by atomic mass is 32.2. The fraction of sp³-hybridized carbons (Fsp3) is 0.400. The minimum atomic E-state index is -3.88. The number of rotatable bonds is 4. The van der Waals surface area contributed by atoms with Crippen molar-refractivity contribution in [2.75, 3.05) is 21.3 Å². The molecule has 0 aliphatic carbocycles. The van der Waals surface area contributed by atoms with Crippen LogP contribution in [-0.2, 0) is 20.0 Å². The first-order valence-electron chi connectivity index (χ1n) is 7.77. The number of aryl methyl sites for hydroxylation is 2. The molecule has 0 amide bonds. The third-order valence-corrected chi connectivity index (χ3v) is 7.47. The van der Waals surface area contributed by atoms with Crippen LogP contribution >= 0.6 is 0 Å². The second kappa shape index (κ2) is 6.34. The van der Waals surface area contributed by atoms with E-state index in [0.29, 0.717) is 18.7 Å². The fourth-order valence-corrected chi connectivity index (χ4v) is 5.88. The first-order valence-corrected chi connectivity index (χ1v) is 10.9. The number of nitrogens with zero attached hydrogens (tertiary/aromatic N) is 2. The van der Waals surface area contributed by atoms with E-state index in [1.165, 1.54) is 17.3 Å². The number of nitrogens with one attached hydrogen (secondary N) is 1. The molecule has 1 fully saturated rings. The van der Waals surface area contributed by atoms with Crippen molar-refractivity contribution in [2.45, 2.75) is 31.6 Å². The van der Waals surface area contributed by atoms with Gasteiger partial charge in [0.25, 0.3) is 10.0 Å². The molecule has 1 N–H and O–H groups in total. The Balaban J connectivity index is 1.92. The van der Waals surface area contributed by atoms with Gasteiger partial charge in [-0.2, -0.15) is 0 Å². The molecule has 3 rings (SSSR count). The number of hydrogen-bond acceptors (Lipinski definition) is 6. The van der Waals surface area contributed by atoms with Crippen LogP contribution in [0.15, 0.2) is 33.7 Å². The van der Waals surface area contributed by atoms with E-state index in [1.807, 2.05) is 0 Å². The average Bonchev–Trinajstić information content (AvgIpc) is 2.86. The SMILES string of the molecule is Cc1noc(C)c1S(=O)(=O)Nc1cccc(N2CCCCS2(=O)=O)c1. The van der Waals surface area contributed by atoms with E-state index in [0.717, 1.165) is 6.42 Å². The van der Waals surface area contributed by atoms with Crippen molar-refractivity contribution in [2.24, 2.45) is 0 Å². The van der Waals surface area contributed by atoms with Gasteiger partial charge in [0, 0.05) is 6.54 Å². The summed E-state index contributed by atoms with van der Waals surface area (Å²) < 4.78 is 58.3. The van der Waals surface area contributed by atoms with Crippen molar-refractivity contribution < 1.29 is 21.4 Å². The highest BCUT2D eigenvalue weighted by Crippen LogP contribution is 2.28. The summed E-state index contributed by atoms with van der Waals surface area (Å²) in [5.41, 5.74) is 0.983. The maximum atomic E-state index is 12.6. The van der Waals surface area contributed by atoms with Gasteiger partial charge in [-0.1, -0.05) is 11.2 Å².